The first-order valence-corrected chi connectivity index (χ1v) is 7.56. The third-order valence-corrected chi connectivity index (χ3v) is 4.02. The summed E-state index contributed by atoms with van der Waals surface area (Å²) in [4.78, 5) is 14.2. The number of aromatic nitrogens is 1. The summed E-state index contributed by atoms with van der Waals surface area (Å²) in [7, 11) is 4.82. The first-order valence-electron chi connectivity index (χ1n) is 7.56. The van der Waals surface area contributed by atoms with Crippen molar-refractivity contribution in [2.75, 3.05) is 21.3 Å². The molecule has 1 N–H and O–H groups in total. The molecule has 0 aliphatic rings. The molecule has 0 saturated heterocycles. The highest BCUT2D eigenvalue weighted by molar-refractivity contribution is 5.89. The first kappa shape index (κ1) is 15.9. The average molecular weight is 325 g/mol. The molecule has 0 amide bonds. The topological polar surface area (TPSA) is 60.6 Å². The van der Waals surface area contributed by atoms with Crippen molar-refractivity contribution in [3.8, 4) is 28.5 Å². The largest absolute Gasteiger partial charge is 0.497 e. The number of nitrogens with one attached hydrogen (secondary N) is 1. The number of benzene rings is 2. The summed E-state index contributed by atoms with van der Waals surface area (Å²) in [6.07, 6.45) is 1.13. The van der Waals surface area contributed by atoms with Gasteiger partial charge >= 0.3 is 0 Å². The molecule has 0 aliphatic carbocycles. The van der Waals surface area contributed by atoms with Gasteiger partial charge in [-0.25, -0.2) is 0 Å². The molecule has 0 spiro atoms. The second-order valence-corrected chi connectivity index (χ2v) is 5.35. The average Bonchev–Trinajstić information content (AvgIpc) is 3.04. The molecule has 1 aromatic heterocycles. The zero-order valence-electron chi connectivity index (χ0n) is 13.9. The van der Waals surface area contributed by atoms with Gasteiger partial charge in [0, 0.05) is 28.5 Å². The van der Waals surface area contributed by atoms with Gasteiger partial charge in [-0.1, -0.05) is 6.07 Å². The van der Waals surface area contributed by atoms with Crippen LogP contribution in [-0.4, -0.2) is 32.6 Å². The molecular formula is C19H19NO4. The first-order chi connectivity index (χ1) is 11.7. The van der Waals surface area contributed by atoms with Crippen LogP contribution >= 0.6 is 0 Å². The van der Waals surface area contributed by atoms with E-state index in [1.807, 2.05) is 36.4 Å². The SMILES string of the molecule is COc1ccc2[nH]c(-c3ccc(CC=O)c(OC)c3OC)cc2c1. The van der Waals surface area contributed by atoms with Gasteiger partial charge in [0.2, 0.25) is 0 Å². The maximum atomic E-state index is 10.9. The smallest absolute Gasteiger partial charge is 0.170 e. The Labute approximate surface area is 140 Å². The summed E-state index contributed by atoms with van der Waals surface area (Å²) >= 11 is 0. The molecule has 3 rings (SSSR count). The van der Waals surface area contributed by atoms with Crippen molar-refractivity contribution in [2.45, 2.75) is 6.42 Å². The van der Waals surface area contributed by atoms with Crippen molar-refractivity contribution in [3.05, 3.63) is 42.0 Å². The van der Waals surface area contributed by atoms with Crippen molar-refractivity contribution < 1.29 is 19.0 Å². The predicted octanol–water partition coefficient (Wildman–Crippen LogP) is 3.60. The van der Waals surface area contributed by atoms with Gasteiger partial charge in [0.05, 0.1) is 27.0 Å². The number of hydrogen-bond acceptors (Lipinski definition) is 4. The zero-order valence-corrected chi connectivity index (χ0v) is 13.9. The fraction of sp³-hybridized carbons (Fsp3) is 0.211. The quantitative estimate of drug-likeness (QED) is 0.704. The van der Waals surface area contributed by atoms with E-state index < -0.39 is 0 Å². The molecule has 0 fully saturated rings. The van der Waals surface area contributed by atoms with Gasteiger partial charge in [-0.05, 0) is 30.3 Å². The van der Waals surface area contributed by atoms with Crippen LogP contribution in [0.15, 0.2) is 36.4 Å². The maximum absolute atomic E-state index is 10.9. The lowest BCUT2D eigenvalue weighted by Gasteiger charge is -2.15. The van der Waals surface area contributed by atoms with Gasteiger partial charge in [0.1, 0.15) is 12.0 Å². The van der Waals surface area contributed by atoms with Gasteiger partial charge in [-0.2, -0.15) is 0 Å². The van der Waals surface area contributed by atoms with Gasteiger partial charge < -0.3 is 24.0 Å². The van der Waals surface area contributed by atoms with Crippen LogP contribution in [0.25, 0.3) is 22.2 Å². The zero-order chi connectivity index (χ0) is 17.1. The summed E-state index contributed by atoms with van der Waals surface area (Å²) in [5, 5.41) is 1.04. The Morgan fingerprint density at radius 2 is 1.75 bits per heavy atom. The minimum absolute atomic E-state index is 0.281. The van der Waals surface area contributed by atoms with Crippen LogP contribution in [0.3, 0.4) is 0 Å². The van der Waals surface area contributed by atoms with E-state index in [2.05, 4.69) is 4.98 Å². The summed E-state index contributed by atoms with van der Waals surface area (Å²) in [5.74, 6) is 1.99. The normalized spacial score (nSPS) is 10.6. The number of methoxy groups -OCH3 is 3. The molecular weight excluding hydrogens is 306 g/mol. The Hall–Kier alpha value is -2.95. The minimum Gasteiger partial charge on any atom is -0.497 e. The molecule has 3 aromatic rings. The van der Waals surface area contributed by atoms with E-state index in [0.29, 0.717) is 11.5 Å². The van der Waals surface area contributed by atoms with Crippen LogP contribution in [0.2, 0.25) is 0 Å². The van der Waals surface area contributed by atoms with Crippen molar-refractivity contribution in [2.24, 2.45) is 0 Å². The number of carbonyl (C=O) groups is 1. The van der Waals surface area contributed by atoms with Crippen LogP contribution in [0.1, 0.15) is 5.56 Å². The Bertz CT molecular complexity index is 882. The number of aldehydes is 1. The third-order valence-electron chi connectivity index (χ3n) is 4.02. The van der Waals surface area contributed by atoms with Crippen LogP contribution in [-0.2, 0) is 11.2 Å². The predicted molar refractivity (Wildman–Crippen MR) is 93.2 cm³/mol. The summed E-state index contributed by atoms with van der Waals surface area (Å²) in [6, 6.07) is 11.7. The van der Waals surface area contributed by atoms with Crippen LogP contribution in [0.4, 0.5) is 0 Å². The van der Waals surface area contributed by atoms with E-state index in [-0.39, 0.29) is 6.42 Å². The maximum Gasteiger partial charge on any atom is 0.170 e. The molecule has 0 atom stereocenters. The van der Waals surface area contributed by atoms with Gasteiger partial charge in [-0.15, -0.1) is 0 Å². The highest BCUT2D eigenvalue weighted by Gasteiger charge is 2.17. The number of fused-ring (bicyclic) bond motifs is 1. The molecule has 2 aromatic carbocycles. The summed E-state index contributed by atoms with van der Waals surface area (Å²) in [5.41, 5.74) is 3.58. The molecule has 0 unspecified atom stereocenters. The van der Waals surface area contributed by atoms with E-state index >= 15 is 0 Å². The highest BCUT2D eigenvalue weighted by Crippen LogP contribution is 2.41. The standard InChI is InChI=1S/C19H19NO4/c1-22-14-5-7-16-13(10-14)11-17(20-16)15-6-4-12(8-9-21)18(23-2)19(15)24-3/h4-7,9-11,20H,8H2,1-3H3. The molecule has 124 valence electrons. The van der Waals surface area contributed by atoms with Gasteiger partial charge in [0.25, 0.3) is 0 Å². The molecule has 0 aliphatic heterocycles. The molecule has 24 heavy (non-hydrogen) atoms. The van der Waals surface area contributed by atoms with E-state index in [1.165, 1.54) is 0 Å². The minimum atomic E-state index is 0.281. The fourth-order valence-corrected chi connectivity index (χ4v) is 2.88. The Morgan fingerprint density at radius 3 is 2.42 bits per heavy atom. The molecule has 0 bridgehead atoms. The lowest BCUT2D eigenvalue weighted by atomic mass is 10.0. The number of carbonyl (C=O) groups excluding carboxylic acids is 1. The number of hydrogen-bond donors (Lipinski definition) is 1. The van der Waals surface area contributed by atoms with Gasteiger partial charge in [0.15, 0.2) is 11.5 Å². The van der Waals surface area contributed by atoms with Crippen LogP contribution in [0.5, 0.6) is 17.2 Å². The van der Waals surface area contributed by atoms with E-state index in [9.17, 15) is 4.79 Å². The van der Waals surface area contributed by atoms with Crippen molar-refractivity contribution in [3.63, 3.8) is 0 Å². The Balaban J connectivity index is 2.16. The van der Waals surface area contributed by atoms with E-state index in [0.717, 1.165) is 39.8 Å². The fourth-order valence-electron chi connectivity index (χ4n) is 2.88. The Morgan fingerprint density at radius 1 is 0.958 bits per heavy atom. The van der Waals surface area contributed by atoms with Crippen LogP contribution < -0.4 is 14.2 Å². The van der Waals surface area contributed by atoms with Crippen molar-refractivity contribution >= 4 is 17.2 Å². The number of ether oxygens (including phenoxy) is 3. The third kappa shape index (κ3) is 2.69. The van der Waals surface area contributed by atoms with Crippen molar-refractivity contribution in [1.29, 1.82) is 0 Å². The van der Waals surface area contributed by atoms with Crippen LogP contribution in [0, 0.1) is 0 Å². The molecule has 1 heterocycles. The monoisotopic (exact) mass is 325 g/mol. The Kier molecular flexibility index (Phi) is 4.42. The molecule has 0 radical (unpaired) electrons. The number of H-pyrrole nitrogens is 1. The molecule has 5 nitrogen and oxygen atoms in total. The summed E-state index contributed by atoms with van der Waals surface area (Å²) in [6.45, 7) is 0. The summed E-state index contributed by atoms with van der Waals surface area (Å²) < 4.78 is 16.3. The number of rotatable bonds is 6. The lowest BCUT2D eigenvalue weighted by Crippen LogP contribution is -1.99. The highest BCUT2D eigenvalue weighted by atomic mass is 16.5. The van der Waals surface area contributed by atoms with E-state index in [4.69, 9.17) is 14.2 Å². The van der Waals surface area contributed by atoms with Gasteiger partial charge in [-0.3, -0.25) is 0 Å². The molecule has 0 saturated carbocycles. The molecule has 5 heteroatoms. The van der Waals surface area contributed by atoms with Crippen molar-refractivity contribution in [1.82, 2.24) is 4.98 Å². The second kappa shape index (κ2) is 6.66. The second-order valence-electron chi connectivity index (χ2n) is 5.35. The lowest BCUT2D eigenvalue weighted by molar-refractivity contribution is -0.107. The van der Waals surface area contributed by atoms with E-state index in [1.54, 1.807) is 21.3 Å². The number of aromatic amines is 1.